The first-order chi connectivity index (χ1) is 9.67. The maximum absolute atomic E-state index is 5.36. The lowest BCUT2D eigenvalue weighted by Crippen LogP contribution is -2.17. The fraction of sp³-hybridized carbons (Fsp3) is 0.438. The van der Waals surface area contributed by atoms with Crippen molar-refractivity contribution in [3.63, 3.8) is 0 Å². The van der Waals surface area contributed by atoms with Crippen LogP contribution in [0.1, 0.15) is 29.5 Å². The lowest BCUT2D eigenvalue weighted by Gasteiger charge is -2.14. The number of nitrogens with zero attached hydrogens (tertiary/aromatic N) is 2. The molecule has 0 aliphatic heterocycles. The molecule has 0 amide bonds. The van der Waals surface area contributed by atoms with E-state index in [0.29, 0.717) is 0 Å². The minimum absolute atomic E-state index is 0.765. The minimum Gasteiger partial charge on any atom is -0.360 e. The van der Waals surface area contributed by atoms with Crippen molar-refractivity contribution in [3.05, 3.63) is 52.9 Å². The number of benzene rings is 1. The molecule has 2 rings (SSSR count). The summed E-state index contributed by atoms with van der Waals surface area (Å²) in [5.74, 6) is 0.910. The maximum Gasteiger partial charge on any atom is 0.151 e. The van der Waals surface area contributed by atoms with Crippen molar-refractivity contribution in [1.82, 2.24) is 15.4 Å². The Morgan fingerprint density at radius 3 is 2.85 bits per heavy atom. The molecule has 0 unspecified atom stereocenters. The molecule has 0 radical (unpaired) electrons. The van der Waals surface area contributed by atoms with Crippen LogP contribution >= 0.6 is 0 Å². The Labute approximate surface area is 120 Å². The van der Waals surface area contributed by atoms with E-state index in [1.807, 2.05) is 6.07 Å². The quantitative estimate of drug-likeness (QED) is 0.842. The van der Waals surface area contributed by atoms with Crippen molar-refractivity contribution in [2.24, 2.45) is 0 Å². The lowest BCUT2D eigenvalue weighted by atomic mass is 10.1. The topological polar surface area (TPSA) is 41.3 Å². The van der Waals surface area contributed by atoms with Crippen LogP contribution in [0.4, 0.5) is 0 Å². The van der Waals surface area contributed by atoms with Crippen molar-refractivity contribution in [1.29, 1.82) is 0 Å². The molecule has 0 bridgehead atoms. The van der Waals surface area contributed by atoms with Crippen LogP contribution in [0.3, 0.4) is 0 Å². The highest BCUT2D eigenvalue weighted by Gasteiger charge is 2.07. The number of aromatic nitrogens is 1. The first-order valence-corrected chi connectivity index (χ1v) is 7.06. The summed E-state index contributed by atoms with van der Waals surface area (Å²) in [6, 6.07) is 10.6. The van der Waals surface area contributed by atoms with Crippen molar-refractivity contribution in [2.45, 2.75) is 33.5 Å². The van der Waals surface area contributed by atoms with Crippen LogP contribution in [0.2, 0.25) is 0 Å². The van der Waals surface area contributed by atoms with Gasteiger partial charge in [-0.3, -0.25) is 4.90 Å². The van der Waals surface area contributed by atoms with E-state index in [9.17, 15) is 0 Å². The normalized spacial score (nSPS) is 11.2. The van der Waals surface area contributed by atoms with Crippen LogP contribution in [0.15, 0.2) is 34.9 Å². The molecule has 108 valence electrons. The first kappa shape index (κ1) is 14.8. The highest BCUT2D eigenvalue weighted by atomic mass is 16.5. The van der Waals surface area contributed by atoms with E-state index in [0.717, 1.165) is 37.6 Å². The predicted octanol–water partition coefficient (Wildman–Crippen LogP) is 2.72. The van der Waals surface area contributed by atoms with Crippen LogP contribution < -0.4 is 5.32 Å². The summed E-state index contributed by atoms with van der Waals surface area (Å²) in [6.07, 6.45) is 0. The number of nitrogens with one attached hydrogen (secondary N) is 1. The third kappa shape index (κ3) is 4.47. The molecule has 1 aromatic heterocycles. The maximum atomic E-state index is 5.36. The molecule has 0 fully saturated rings. The molecule has 0 aliphatic rings. The molecule has 1 aromatic carbocycles. The zero-order chi connectivity index (χ0) is 14.4. The molecule has 1 heterocycles. The van der Waals surface area contributed by atoms with Gasteiger partial charge >= 0.3 is 0 Å². The largest absolute Gasteiger partial charge is 0.360 e. The molecule has 0 saturated heterocycles. The molecule has 0 aliphatic carbocycles. The van der Waals surface area contributed by atoms with Gasteiger partial charge in [0.15, 0.2) is 5.76 Å². The van der Waals surface area contributed by atoms with Crippen molar-refractivity contribution >= 4 is 0 Å². The van der Waals surface area contributed by atoms with E-state index >= 15 is 0 Å². The first-order valence-electron chi connectivity index (χ1n) is 7.06. The second kappa shape index (κ2) is 7.22. The van der Waals surface area contributed by atoms with Gasteiger partial charge in [0.25, 0.3) is 0 Å². The van der Waals surface area contributed by atoms with Gasteiger partial charge in [-0.2, -0.15) is 0 Å². The Morgan fingerprint density at radius 2 is 2.10 bits per heavy atom. The van der Waals surface area contributed by atoms with Crippen LogP contribution in [-0.2, 0) is 19.6 Å². The third-order valence-corrected chi connectivity index (χ3v) is 3.12. The van der Waals surface area contributed by atoms with E-state index in [1.54, 1.807) is 0 Å². The molecular formula is C16H23N3O. The van der Waals surface area contributed by atoms with Gasteiger partial charge < -0.3 is 9.84 Å². The molecule has 2 aromatic rings. The zero-order valence-corrected chi connectivity index (χ0v) is 12.5. The van der Waals surface area contributed by atoms with Gasteiger partial charge in [-0.15, -0.1) is 0 Å². The molecule has 4 nitrogen and oxygen atoms in total. The smallest absolute Gasteiger partial charge is 0.151 e. The highest BCUT2D eigenvalue weighted by Crippen LogP contribution is 2.11. The highest BCUT2D eigenvalue weighted by molar-refractivity contribution is 5.22. The molecular weight excluding hydrogens is 250 g/mol. The minimum atomic E-state index is 0.765. The Balaban J connectivity index is 1.87. The monoisotopic (exact) mass is 273 g/mol. The average molecular weight is 273 g/mol. The van der Waals surface area contributed by atoms with Crippen LogP contribution in [-0.4, -0.2) is 23.6 Å². The number of rotatable bonds is 7. The standard InChI is InChI=1S/C16H23N3O/c1-4-17-10-15-9-16(20-18-15)12-19(3)11-14-7-5-6-13(2)8-14/h5-9,17H,4,10-12H2,1-3H3. The van der Waals surface area contributed by atoms with E-state index in [4.69, 9.17) is 4.52 Å². The molecule has 4 heteroatoms. The van der Waals surface area contributed by atoms with Gasteiger partial charge in [-0.25, -0.2) is 0 Å². The van der Waals surface area contributed by atoms with Crippen molar-refractivity contribution in [2.75, 3.05) is 13.6 Å². The fourth-order valence-corrected chi connectivity index (χ4v) is 2.21. The lowest BCUT2D eigenvalue weighted by molar-refractivity contribution is 0.265. The summed E-state index contributed by atoms with van der Waals surface area (Å²) >= 11 is 0. The molecule has 0 saturated carbocycles. The summed E-state index contributed by atoms with van der Waals surface area (Å²) in [6.45, 7) is 7.58. The van der Waals surface area contributed by atoms with Gasteiger partial charge in [0.05, 0.1) is 12.2 Å². The Kier molecular flexibility index (Phi) is 5.32. The van der Waals surface area contributed by atoms with Crippen LogP contribution in [0.25, 0.3) is 0 Å². The second-order valence-corrected chi connectivity index (χ2v) is 5.23. The van der Waals surface area contributed by atoms with Gasteiger partial charge in [-0.05, 0) is 26.1 Å². The summed E-state index contributed by atoms with van der Waals surface area (Å²) in [5.41, 5.74) is 3.58. The van der Waals surface area contributed by atoms with E-state index < -0.39 is 0 Å². The summed E-state index contributed by atoms with van der Waals surface area (Å²) < 4.78 is 5.36. The van der Waals surface area contributed by atoms with Gasteiger partial charge in [0, 0.05) is 19.2 Å². The SMILES string of the molecule is CCNCc1cc(CN(C)Cc2cccc(C)c2)on1. The zero-order valence-electron chi connectivity index (χ0n) is 12.5. The Hall–Kier alpha value is -1.65. The van der Waals surface area contributed by atoms with Crippen molar-refractivity contribution in [3.8, 4) is 0 Å². The summed E-state index contributed by atoms with van der Waals surface area (Å²) in [5, 5.41) is 7.30. The third-order valence-electron chi connectivity index (χ3n) is 3.12. The van der Waals surface area contributed by atoms with Gasteiger partial charge in [0.1, 0.15) is 0 Å². The summed E-state index contributed by atoms with van der Waals surface area (Å²) in [7, 11) is 2.09. The van der Waals surface area contributed by atoms with Crippen LogP contribution in [0, 0.1) is 6.92 Å². The van der Waals surface area contributed by atoms with Gasteiger partial charge in [0.2, 0.25) is 0 Å². The predicted molar refractivity (Wildman–Crippen MR) is 80.2 cm³/mol. The molecule has 0 spiro atoms. The average Bonchev–Trinajstić information content (AvgIpc) is 2.83. The summed E-state index contributed by atoms with van der Waals surface area (Å²) in [4.78, 5) is 2.23. The van der Waals surface area contributed by atoms with E-state index in [-0.39, 0.29) is 0 Å². The Morgan fingerprint density at radius 1 is 1.25 bits per heavy atom. The van der Waals surface area contributed by atoms with Crippen LogP contribution in [0.5, 0.6) is 0 Å². The molecule has 0 atom stereocenters. The van der Waals surface area contributed by atoms with E-state index in [1.165, 1.54) is 11.1 Å². The fourth-order valence-electron chi connectivity index (χ4n) is 2.21. The second-order valence-electron chi connectivity index (χ2n) is 5.23. The number of hydrogen-bond donors (Lipinski definition) is 1. The van der Waals surface area contributed by atoms with E-state index in [2.05, 4.69) is 60.5 Å². The van der Waals surface area contributed by atoms with Crippen molar-refractivity contribution < 1.29 is 4.52 Å². The number of hydrogen-bond acceptors (Lipinski definition) is 4. The Bertz CT molecular complexity index is 536. The molecule has 20 heavy (non-hydrogen) atoms. The number of aryl methyl sites for hydroxylation is 1. The van der Waals surface area contributed by atoms with Gasteiger partial charge in [-0.1, -0.05) is 41.9 Å². The molecule has 1 N–H and O–H groups in total.